The Bertz CT molecular complexity index is 698. The molecule has 0 unspecified atom stereocenters. The lowest BCUT2D eigenvalue weighted by molar-refractivity contribution is 0.578. The number of benzene rings is 1. The Labute approximate surface area is 114 Å². The second-order valence-electron chi connectivity index (χ2n) is 3.87. The van der Waals surface area contributed by atoms with E-state index >= 15 is 0 Å². The Morgan fingerprint density at radius 3 is 2.84 bits per heavy atom. The van der Waals surface area contributed by atoms with Crippen LogP contribution in [0, 0.1) is 12.7 Å². The smallest absolute Gasteiger partial charge is 0.243 e. The molecule has 1 aromatic carbocycles. The molecule has 0 aliphatic heterocycles. The summed E-state index contributed by atoms with van der Waals surface area (Å²) in [5, 5.41) is 0.635. The first kappa shape index (κ1) is 13.9. The van der Waals surface area contributed by atoms with E-state index in [0.717, 1.165) is 17.0 Å². The fourth-order valence-electron chi connectivity index (χ4n) is 1.46. The number of nitrogen functional groups attached to an aromatic ring is 1. The van der Waals surface area contributed by atoms with Crippen LogP contribution in [-0.4, -0.2) is 13.4 Å². The Balaban J connectivity index is 2.20. The normalized spacial score (nSPS) is 11.7. The molecule has 2 aromatic rings. The molecule has 0 bridgehead atoms. The first-order valence-electron chi connectivity index (χ1n) is 5.34. The fourth-order valence-corrected chi connectivity index (χ4v) is 3.41. The molecule has 19 heavy (non-hydrogen) atoms. The Hall–Kier alpha value is -1.51. The number of aryl methyl sites for hydroxylation is 1. The average molecular weight is 301 g/mol. The number of sulfonamides is 1. The summed E-state index contributed by atoms with van der Waals surface area (Å²) in [5.74, 6) is -0.653. The Kier molecular flexibility index (Phi) is 3.83. The lowest BCUT2D eigenvalue weighted by atomic mass is 10.3. The molecule has 0 fully saturated rings. The van der Waals surface area contributed by atoms with Crippen LogP contribution in [0.3, 0.4) is 0 Å². The van der Waals surface area contributed by atoms with Gasteiger partial charge in [0.25, 0.3) is 0 Å². The standard InChI is InChI=1S/C11H12FN3O2S2/c1-7-5-14-11(18-7)6-15-19(16,17)10-4-8(12)2-3-9(10)13/h2-5,15H,6,13H2,1H3. The molecule has 1 aromatic heterocycles. The van der Waals surface area contributed by atoms with E-state index in [1.807, 2.05) is 6.92 Å². The number of rotatable bonds is 4. The first-order valence-corrected chi connectivity index (χ1v) is 7.64. The highest BCUT2D eigenvalue weighted by atomic mass is 32.2. The zero-order valence-corrected chi connectivity index (χ0v) is 11.7. The maximum atomic E-state index is 13.1. The molecule has 0 amide bonds. The van der Waals surface area contributed by atoms with Gasteiger partial charge in [-0.15, -0.1) is 11.3 Å². The monoisotopic (exact) mass is 301 g/mol. The van der Waals surface area contributed by atoms with E-state index in [4.69, 9.17) is 5.73 Å². The van der Waals surface area contributed by atoms with Gasteiger partial charge >= 0.3 is 0 Å². The molecule has 102 valence electrons. The van der Waals surface area contributed by atoms with Crippen LogP contribution in [0.1, 0.15) is 9.88 Å². The lowest BCUT2D eigenvalue weighted by Gasteiger charge is -2.08. The molecule has 2 rings (SSSR count). The van der Waals surface area contributed by atoms with Crippen molar-refractivity contribution in [2.75, 3.05) is 5.73 Å². The highest BCUT2D eigenvalue weighted by Gasteiger charge is 2.18. The first-order chi connectivity index (χ1) is 8.88. The lowest BCUT2D eigenvalue weighted by Crippen LogP contribution is -2.24. The zero-order valence-electron chi connectivity index (χ0n) is 10.1. The van der Waals surface area contributed by atoms with Crippen LogP contribution >= 0.6 is 11.3 Å². The van der Waals surface area contributed by atoms with Crippen molar-refractivity contribution in [1.29, 1.82) is 0 Å². The van der Waals surface area contributed by atoms with Crippen molar-refractivity contribution in [1.82, 2.24) is 9.71 Å². The van der Waals surface area contributed by atoms with Crippen molar-refractivity contribution < 1.29 is 12.8 Å². The second-order valence-corrected chi connectivity index (χ2v) is 6.93. The van der Waals surface area contributed by atoms with Crippen LogP contribution in [0.5, 0.6) is 0 Å². The van der Waals surface area contributed by atoms with Gasteiger partial charge in [-0.25, -0.2) is 22.5 Å². The van der Waals surface area contributed by atoms with E-state index in [0.29, 0.717) is 5.01 Å². The van der Waals surface area contributed by atoms with Crippen LogP contribution in [0.2, 0.25) is 0 Å². The minimum absolute atomic E-state index is 0.00391. The third-order valence-corrected chi connectivity index (χ3v) is 4.72. The van der Waals surface area contributed by atoms with Gasteiger partial charge in [0.2, 0.25) is 10.0 Å². The summed E-state index contributed by atoms with van der Waals surface area (Å²) in [6.45, 7) is 1.93. The van der Waals surface area contributed by atoms with Gasteiger partial charge in [-0.05, 0) is 25.1 Å². The summed E-state index contributed by atoms with van der Waals surface area (Å²) >= 11 is 1.39. The molecule has 0 aliphatic rings. The van der Waals surface area contributed by atoms with E-state index in [2.05, 4.69) is 9.71 Å². The maximum absolute atomic E-state index is 13.1. The topological polar surface area (TPSA) is 85.1 Å². The highest BCUT2D eigenvalue weighted by Crippen LogP contribution is 2.20. The van der Waals surface area contributed by atoms with Gasteiger partial charge in [0.1, 0.15) is 15.7 Å². The Morgan fingerprint density at radius 2 is 2.21 bits per heavy atom. The summed E-state index contributed by atoms with van der Waals surface area (Å²) in [6.07, 6.45) is 1.66. The molecule has 0 atom stereocenters. The quantitative estimate of drug-likeness (QED) is 0.841. The summed E-state index contributed by atoms with van der Waals surface area (Å²) in [4.78, 5) is 4.76. The van der Waals surface area contributed by atoms with Gasteiger partial charge in [-0.1, -0.05) is 0 Å². The van der Waals surface area contributed by atoms with Gasteiger partial charge in [0.05, 0.1) is 12.2 Å². The average Bonchev–Trinajstić information content (AvgIpc) is 2.76. The molecule has 0 aliphatic carbocycles. The molecule has 0 saturated carbocycles. The predicted molar refractivity (Wildman–Crippen MR) is 71.7 cm³/mol. The third kappa shape index (κ3) is 3.28. The summed E-state index contributed by atoms with van der Waals surface area (Å²) in [7, 11) is -3.85. The number of thiazole rings is 1. The number of hydrogen-bond donors (Lipinski definition) is 2. The largest absolute Gasteiger partial charge is 0.398 e. The fraction of sp³-hybridized carbons (Fsp3) is 0.182. The molecule has 5 nitrogen and oxygen atoms in total. The minimum atomic E-state index is -3.85. The van der Waals surface area contributed by atoms with Crippen LogP contribution in [-0.2, 0) is 16.6 Å². The molecular weight excluding hydrogens is 289 g/mol. The number of aromatic nitrogens is 1. The van der Waals surface area contributed by atoms with Crippen molar-refractivity contribution in [3.05, 3.63) is 40.1 Å². The van der Waals surface area contributed by atoms with Gasteiger partial charge in [0.15, 0.2) is 0 Å². The van der Waals surface area contributed by atoms with Crippen LogP contribution in [0.25, 0.3) is 0 Å². The molecule has 8 heteroatoms. The summed E-state index contributed by atoms with van der Waals surface area (Å²) < 4.78 is 39.4. The number of nitrogens with two attached hydrogens (primary N) is 1. The van der Waals surface area contributed by atoms with Gasteiger partial charge in [-0.2, -0.15) is 0 Å². The van der Waals surface area contributed by atoms with Gasteiger partial charge in [-0.3, -0.25) is 0 Å². The molecule has 3 N–H and O–H groups in total. The minimum Gasteiger partial charge on any atom is -0.398 e. The van der Waals surface area contributed by atoms with Crippen molar-refractivity contribution in [2.24, 2.45) is 0 Å². The van der Waals surface area contributed by atoms with E-state index in [9.17, 15) is 12.8 Å². The number of nitrogens with zero attached hydrogens (tertiary/aromatic N) is 1. The Morgan fingerprint density at radius 1 is 1.47 bits per heavy atom. The molecular formula is C11H12FN3O2S2. The number of halogens is 1. The summed E-state index contributed by atoms with van der Waals surface area (Å²) in [6, 6.07) is 3.22. The summed E-state index contributed by atoms with van der Waals surface area (Å²) in [5.41, 5.74) is 5.55. The van der Waals surface area contributed by atoms with Gasteiger partial charge < -0.3 is 5.73 Å². The van der Waals surface area contributed by atoms with Crippen LogP contribution < -0.4 is 10.5 Å². The second kappa shape index (κ2) is 5.24. The van der Waals surface area contributed by atoms with E-state index in [1.165, 1.54) is 17.4 Å². The van der Waals surface area contributed by atoms with E-state index in [1.54, 1.807) is 6.20 Å². The third-order valence-electron chi connectivity index (χ3n) is 2.35. The molecule has 0 radical (unpaired) electrons. The molecule has 0 saturated heterocycles. The van der Waals surface area contributed by atoms with Crippen molar-refractivity contribution >= 4 is 27.0 Å². The van der Waals surface area contributed by atoms with Crippen LogP contribution in [0.4, 0.5) is 10.1 Å². The number of nitrogens with one attached hydrogen (secondary N) is 1. The van der Waals surface area contributed by atoms with Gasteiger partial charge in [0, 0.05) is 11.1 Å². The highest BCUT2D eigenvalue weighted by molar-refractivity contribution is 7.89. The van der Waals surface area contributed by atoms with E-state index < -0.39 is 15.8 Å². The SMILES string of the molecule is Cc1cnc(CNS(=O)(=O)c2cc(F)ccc2N)s1. The zero-order chi connectivity index (χ0) is 14.0. The number of anilines is 1. The van der Waals surface area contributed by atoms with Crippen molar-refractivity contribution in [2.45, 2.75) is 18.4 Å². The molecule has 1 heterocycles. The maximum Gasteiger partial charge on any atom is 0.243 e. The molecule has 0 spiro atoms. The van der Waals surface area contributed by atoms with Crippen LogP contribution in [0.15, 0.2) is 29.3 Å². The number of hydrogen-bond acceptors (Lipinski definition) is 5. The van der Waals surface area contributed by atoms with Crippen molar-refractivity contribution in [3.63, 3.8) is 0 Å². The van der Waals surface area contributed by atoms with E-state index in [-0.39, 0.29) is 17.1 Å². The van der Waals surface area contributed by atoms with Crippen molar-refractivity contribution in [3.8, 4) is 0 Å². The predicted octanol–water partition coefficient (Wildman–Crippen LogP) is 1.65.